The molecule has 1 aromatic rings. The highest BCUT2D eigenvalue weighted by Gasteiger charge is 2.18. The minimum atomic E-state index is -0.551. The highest BCUT2D eigenvalue weighted by molar-refractivity contribution is 5.97. The topological polar surface area (TPSA) is 55.4 Å². The van der Waals surface area contributed by atoms with E-state index in [1.54, 1.807) is 27.7 Å². The van der Waals surface area contributed by atoms with E-state index in [1.807, 2.05) is 6.92 Å². The van der Waals surface area contributed by atoms with Crippen LogP contribution >= 0.6 is 0 Å². The van der Waals surface area contributed by atoms with Gasteiger partial charge in [0.1, 0.15) is 11.4 Å². The van der Waals surface area contributed by atoms with Crippen LogP contribution in [0.2, 0.25) is 0 Å². The van der Waals surface area contributed by atoms with Crippen LogP contribution in [-0.2, 0) is 4.74 Å². The number of benzene rings is 1. The lowest BCUT2D eigenvalue weighted by Gasteiger charge is -2.21. The summed E-state index contributed by atoms with van der Waals surface area (Å²) < 4.78 is 18.2. The highest BCUT2D eigenvalue weighted by Crippen LogP contribution is 2.14. The molecule has 0 aliphatic heterocycles. The summed E-state index contributed by atoms with van der Waals surface area (Å²) in [7, 11) is 0. The van der Waals surface area contributed by atoms with Crippen molar-refractivity contribution >= 4 is 11.9 Å². The number of ether oxygens (including phenoxy) is 1. The zero-order valence-electron chi connectivity index (χ0n) is 13.8. The Hall–Kier alpha value is -1.91. The lowest BCUT2D eigenvalue weighted by Crippen LogP contribution is -2.37. The van der Waals surface area contributed by atoms with Gasteiger partial charge in [0.05, 0.1) is 0 Å². The summed E-state index contributed by atoms with van der Waals surface area (Å²) in [6.45, 7) is 8.89. The Bertz CT molecular complexity index is 549. The Balaban J connectivity index is 2.48. The molecule has 4 nitrogen and oxygen atoms in total. The van der Waals surface area contributed by atoms with Gasteiger partial charge in [-0.3, -0.25) is 4.79 Å². The van der Waals surface area contributed by atoms with Gasteiger partial charge in [0.2, 0.25) is 0 Å². The predicted octanol–water partition coefficient (Wildman–Crippen LogP) is 4.01. The Morgan fingerprint density at radius 3 is 2.50 bits per heavy atom. The van der Waals surface area contributed by atoms with Crippen LogP contribution in [0.3, 0.4) is 0 Å². The van der Waals surface area contributed by atoms with Crippen LogP contribution in [-0.4, -0.2) is 23.5 Å². The Labute approximate surface area is 131 Å². The van der Waals surface area contributed by atoms with Crippen LogP contribution in [0.25, 0.3) is 0 Å². The van der Waals surface area contributed by atoms with Crippen LogP contribution in [0.5, 0.6) is 0 Å². The molecule has 0 fully saturated rings. The summed E-state index contributed by atoms with van der Waals surface area (Å²) in [4.78, 5) is 23.7. The Morgan fingerprint density at radius 1 is 1.32 bits per heavy atom. The molecular formula is C17H24FNO3. The maximum absolute atomic E-state index is 13.0. The normalized spacial score (nSPS) is 12.6. The molecule has 0 spiro atoms. The SMILES string of the molecule is Cc1cc(F)ccc1C(=O)CCC(C)NC(=O)OC(C)(C)C. The van der Waals surface area contributed by atoms with Crippen molar-refractivity contribution in [2.45, 2.75) is 59.1 Å². The largest absolute Gasteiger partial charge is 0.444 e. The molecule has 0 aromatic heterocycles. The smallest absolute Gasteiger partial charge is 0.407 e. The second-order valence-corrected chi connectivity index (χ2v) is 6.47. The lowest BCUT2D eigenvalue weighted by molar-refractivity contribution is 0.0504. The van der Waals surface area contributed by atoms with E-state index in [1.165, 1.54) is 18.2 Å². The summed E-state index contributed by atoms with van der Waals surface area (Å²) in [6, 6.07) is 3.94. The molecule has 1 aromatic carbocycles. The highest BCUT2D eigenvalue weighted by atomic mass is 19.1. The van der Waals surface area contributed by atoms with Gasteiger partial charge in [0.15, 0.2) is 5.78 Å². The van der Waals surface area contributed by atoms with Crippen LogP contribution in [0.15, 0.2) is 18.2 Å². The molecule has 0 heterocycles. The number of nitrogens with one attached hydrogen (secondary N) is 1. The van der Waals surface area contributed by atoms with Crippen molar-refractivity contribution in [2.24, 2.45) is 0 Å². The zero-order valence-corrected chi connectivity index (χ0v) is 13.8. The van der Waals surface area contributed by atoms with E-state index in [2.05, 4.69) is 5.32 Å². The average molecular weight is 309 g/mol. The van der Waals surface area contributed by atoms with Gasteiger partial charge in [-0.25, -0.2) is 9.18 Å². The fraction of sp³-hybridized carbons (Fsp3) is 0.529. The minimum absolute atomic E-state index is 0.0599. The van der Waals surface area contributed by atoms with Crippen LogP contribution in [0.1, 0.15) is 56.5 Å². The van der Waals surface area contributed by atoms with Crippen molar-refractivity contribution in [2.75, 3.05) is 0 Å². The summed E-state index contributed by atoms with van der Waals surface area (Å²) in [5, 5.41) is 2.69. The minimum Gasteiger partial charge on any atom is -0.444 e. The van der Waals surface area contributed by atoms with E-state index in [-0.39, 0.29) is 24.1 Å². The van der Waals surface area contributed by atoms with Gasteiger partial charge in [-0.2, -0.15) is 0 Å². The van der Waals surface area contributed by atoms with E-state index in [9.17, 15) is 14.0 Å². The molecule has 1 rings (SSSR count). The number of rotatable bonds is 5. The third kappa shape index (κ3) is 6.24. The molecule has 0 saturated carbocycles. The molecule has 0 radical (unpaired) electrons. The van der Waals surface area contributed by atoms with Gasteiger partial charge in [-0.05, 0) is 64.8 Å². The molecule has 0 aliphatic carbocycles. The van der Waals surface area contributed by atoms with Gasteiger partial charge in [-0.1, -0.05) is 0 Å². The van der Waals surface area contributed by atoms with Gasteiger partial charge >= 0.3 is 6.09 Å². The number of aryl methyl sites for hydroxylation is 1. The first-order valence-corrected chi connectivity index (χ1v) is 7.37. The van der Waals surface area contributed by atoms with E-state index in [0.717, 1.165) is 0 Å². The van der Waals surface area contributed by atoms with Gasteiger partial charge in [0, 0.05) is 18.0 Å². The quantitative estimate of drug-likeness (QED) is 0.836. The Morgan fingerprint density at radius 2 is 1.95 bits per heavy atom. The van der Waals surface area contributed by atoms with E-state index >= 15 is 0 Å². The molecule has 1 amide bonds. The first-order chi connectivity index (χ1) is 10.1. The molecule has 5 heteroatoms. The van der Waals surface area contributed by atoms with Crippen molar-refractivity contribution in [1.82, 2.24) is 5.32 Å². The summed E-state index contributed by atoms with van der Waals surface area (Å²) in [5.74, 6) is -0.413. The van der Waals surface area contributed by atoms with Crippen molar-refractivity contribution in [3.8, 4) is 0 Å². The maximum Gasteiger partial charge on any atom is 0.407 e. The number of halogens is 1. The number of carbonyl (C=O) groups excluding carboxylic acids is 2. The first-order valence-electron chi connectivity index (χ1n) is 7.37. The number of ketones is 1. The maximum atomic E-state index is 13.0. The van der Waals surface area contributed by atoms with E-state index < -0.39 is 11.7 Å². The number of amides is 1. The average Bonchev–Trinajstić information content (AvgIpc) is 2.33. The first kappa shape index (κ1) is 18.1. The van der Waals surface area contributed by atoms with Crippen molar-refractivity contribution < 1.29 is 18.7 Å². The fourth-order valence-electron chi connectivity index (χ4n) is 2.00. The zero-order chi connectivity index (χ0) is 16.9. The molecule has 1 N–H and O–H groups in total. The lowest BCUT2D eigenvalue weighted by atomic mass is 10.00. The second kappa shape index (κ2) is 7.38. The number of alkyl carbamates (subject to hydrolysis) is 1. The number of hydrogen-bond acceptors (Lipinski definition) is 3. The molecule has 1 atom stereocenters. The third-order valence-electron chi connectivity index (χ3n) is 3.06. The van der Waals surface area contributed by atoms with Gasteiger partial charge in [0.25, 0.3) is 0 Å². The fourth-order valence-corrected chi connectivity index (χ4v) is 2.00. The van der Waals surface area contributed by atoms with Crippen LogP contribution < -0.4 is 5.32 Å². The number of carbonyl (C=O) groups is 2. The van der Waals surface area contributed by atoms with Crippen molar-refractivity contribution in [1.29, 1.82) is 0 Å². The van der Waals surface area contributed by atoms with Gasteiger partial charge < -0.3 is 10.1 Å². The van der Waals surface area contributed by atoms with E-state index in [4.69, 9.17) is 4.74 Å². The molecule has 0 bridgehead atoms. The number of Topliss-reactive ketones (excluding diaryl/α,β-unsaturated/α-hetero) is 1. The van der Waals surface area contributed by atoms with Crippen molar-refractivity contribution in [3.63, 3.8) is 0 Å². The molecular weight excluding hydrogens is 285 g/mol. The molecule has 1 unspecified atom stereocenters. The summed E-state index contributed by atoms with van der Waals surface area (Å²) >= 11 is 0. The van der Waals surface area contributed by atoms with Crippen LogP contribution in [0.4, 0.5) is 9.18 Å². The van der Waals surface area contributed by atoms with E-state index in [0.29, 0.717) is 17.5 Å². The summed E-state index contributed by atoms with van der Waals surface area (Å²) in [6.07, 6.45) is 0.281. The number of hydrogen-bond donors (Lipinski definition) is 1. The van der Waals surface area contributed by atoms with Gasteiger partial charge in [-0.15, -0.1) is 0 Å². The molecule has 22 heavy (non-hydrogen) atoms. The molecule has 122 valence electrons. The predicted molar refractivity (Wildman–Crippen MR) is 83.5 cm³/mol. The molecule has 0 saturated heterocycles. The molecule has 0 aliphatic rings. The third-order valence-corrected chi connectivity index (χ3v) is 3.06. The summed E-state index contributed by atoms with van der Waals surface area (Å²) in [5.41, 5.74) is 0.591. The monoisotopic (exact) mass is 309 g/mol. The van der Waals surface area contributed by atoms with Crippen molar-refractivity contribution in [3.05, 3.63) is 35.1 Å². The Kier molecular flexibility index (Phi) is 6.09. The standard InChI is InChI=1S/C17H24FNO3/c1-11-10-13(18)7-8-14(11)15(20)9-6-12(2)19-16(21)22-17(3,4)5/h7-8,10,12H,6,9H2,1-5H3,(H,19,21). The van der Waals surface area contributed by atoms with Crippen LogP contribution in [0, 0.1) is 12.7 Å². The second-order valence-electron chi connectivity index (χ2n) is 6.47.